The average Bonchev–Trinajstić information content (AvgIpc) is 3.12. The van der Waals surface area contributed by atoms with Crippen molar-refractivity contribution < 1.29 is 4.79 Å². The third kappa shape index (κ3) is 2.93. The van der Waals surface area contributed by atoms with E-state index in [4.69, 9.17) is 0 Å². The summed E-state index contributed by atoms with van der Waals surface area (Å²) >= 11 is 0. The standard InChI is InChI=1S/C20H21N3O/c24-20(17-5-2-1-3-6-17)23-13-11-22(12-14-23)15-18-8-4-7-16-9-10-21-19(16)18/h1-10,21H,11-15H2. The second-order valence-electron chi connectivity index (χ2n) is 6.29. The molecular weight excluding hydrogens is 298 g/mol. The zero-order valence-electron chi connectivity index (χ0n) is 13.6. The predicted octanol–water partition coefficient (Wildman–Crippen LogP) is 3.13. The van der Waals surface area contributed by atoms with E-state index < -0.39 is 0 Å². The van der Waals surface area contributed by atoms with Crippen molar-refractivity contribution in [3.05, 3.63) is 71.9 Å². The number of benzene rings is 2. The molecule has 4 heteroatoms. The van der Waals surface area contributed by atoms with E-state index in [1.54, 1.807) is 0 Å². The SMILES string of the molecule is O=C(c1ccccc1)N1CCN(Cc2cccc3cc[nH]c23)CC1. The first-order valence-electron chi connectivity index (χ1n) is 8.43. The number of amides is 1. The number of hydrogen-bond acceptors (Lipinski definition) is 2. The Kier molecular flexibility index (Phi) is 4.05. The molecule has 0 atom stereocenters. The minimum absolute atomic E-state index is 0.140. The van der Waals surface area contributed by atoms with Crippen LogP contribution in [0.5, 0.6) is 0 Å². The molecular formula is C20H21N3O. The first-order chi connectivity index (χ1) is 11.8. The topological polar surface area (TPSA) is 39.3 Å². The summed E-state index contributed by atoms with van der Waals surface area (Å²) in [6.07, 6.45) is 1.99. The molecule has 1 N–H and O–H groups in total. The highest BCUT2D eigenvalue weighted by molar-refractivity contribution is 5.94. The first kappa shape index (κ1) is 15.0. The van der Waals surface area contributed by atoms with E-state index in [2.05, 4.69) is 34.1 Å². The van der Waals surface area contributed by atoms with Gasteiger partial charge >= 0.3 is 0 Å². The van der Waals surface area contributed by atoms with Gasteiger partial charge in [0.25, 0.3) is 5.91 Å². The maximum absolute atomic E-state index is 12.5. The second kappa shape index (κ2) is 6.49. The second-order valence-corrected chi connectivity index (χ2v) is 6.29. The minimum atomic E-state index is 0.140. The monoisotopic (exact) mass is 319 g/mol. The molecule has 122 valence electrons. The summed E-state index contributed by atoms with van der Waals surface area (Å²) in [5.41, 5.74) is 3.32. The minimum Gasteiger partial charge on any atom is -0.361 e. The molecule has 0 spiro atoms. The highest BCUT2D eigenvalue weighted by atomic mass is 16.2. The van der Waals surface area contributed by atoms with Crippen LogP contribution in [0.2, 0.25) is 0 Å². The van der Waals surface area contributed by atoms with Crippen LogP contribution in [0.1, 0.15) is 15.9 Å². The summed E-state index contributed by atoms with van der Waals surface area (Å²) in [4.78, 5) is 20.2. The van der Waals surface area contributed by atoms with Crippen molar-refractivity contribution in [2.24, 2.45) is 0 Å². The van der Waals surface area contributed by atoms with Crippen molar-refractivity contribution in [1.82, 2.24) is 14.8 Å². The number of para-hydroxylation sites is 1. The molecule has 0 saturated carbocycles. The fraction of sp³-hybridized carbons (Fsp3) is 0.250. The molecule has 4 rings (SSSR count). The first-order valence-corrected chi connectivity index (χ1v) is 8.43. The number of rotatable bonds is 3. The number of aromatic amines is 1. The summed E-state index contributed by atoms with van der Waals surface area (Å²) in [5.74, 6) is 0.140. The van der Waals surface area contributed by atoms with Crippen LogP contribution in [-0.2, 0) is 6.54 Å². The lowest BCUT2D eigenvalue weighted by atomic mass is 10.1. The fourth-order valence-corrected chi connectivity index (χ4v) is 3.39. The number of hydrogen-bond donors (Lipinski definition) is 1. The Morgan fingerprint density at radius 3 is 2.50 bits per heavy atom. The van der Waals surface area contributed by atoms with Gasteiger partial charge in [-0.25, -0.2) is 0 Å². The van der Waals surface area contributed by atoms with Crippen LogP contribution in [0.4, 0.5) is 0 Å². The van der Waals surface area contributed by atoms with E-state index >= 15 is 0 Å². The van der Waals surface area contributed by atoms with Crippen molar-refractivity contribution in [2.75, 3.05) is 26.2 Å². The van der Waals surface area contributed by atoms with Crippen LogP contribution < -0.4 is 0 Å². The van der Waals surface area contributed by atoms with Crippen LogP contribution in [-0.4, -0.2) is 46.9 Å². The lowest BCUT2D eigenvalue weighted by molar-refractivity contribution is 0.0629. The normalized spacial score (nSPS) is 15.8. The Bertz CT molecular complexity index is 832. The lowest BCUT2D eigenvalue weighted by Crippen LogP contribution is -2.48. The van der Waals surface area contributed by atoms with E-state index in [0.717, 1.165) is 38.3 Å². The fourth-order valence-electron chi connectivity index (χ4n) is 3.39. The molecule has 1 saturated heterocycles. The summed E-state index contributed by atoms with van der Waals surface area (Å²) < 4.78 is 0. The van der Waals surface area contributed by atoms with E-state index in [1.165, 1.54) is 16.5 Å². The molecule has 2 aromatic carbocycles. The number of carbonyl (C=O) groups is 1. The van der Waals surface area contributed by atoms with Gasteiger partial charge in [0.1, 0.15) is 0 Å². The molecule has 1 aromatic heterocycles. The van der Waals surface area contributed by atoms with Gasteiger partial charge in [0.2, 0.25) is 0 Å². The number of fused-ring (bicyclic) bond motifs is 1. The zero-order valence-corrected chi connectivity index (χ0v) is 13.6. The van der Waals surface area contributed by atoms with Gasteiger partial charge in [-0.3, -0.25) is 9.69 Å². The van der Waals surface area contributed by atoms with Crippen molar-refractivity contribution in [3.8, 4) is 0 Å². The molecule has 1 aliphatic heterocycles. The van der Waals surface area contributed by atoms with Gasteiger partial charge < -0.3 is 9.88 Å². The molecule has 0 bridgehead atoms. The van der Waals surface area contributed by atoms with Gasteiger partial charge in [-0.15, -0.1) is 0 Å². The van der Waals surface area contributed by atoms with Crippen LogP contribution >= 0.6 is 0 Å². The molecule has 0 aliphatic carbocycles. The van der Waals surface area contributed by atoms with Crippen LogP contribution in [0.3, 0.4) is 0 Å². The average molecular weight is 319 g/mol. The Morgan fingerprint density at radius 2 is 1.71 bits per heavy atom. The summed E-state index contributed by atoms with van der Waals surface area (Å²) in [6, 6.07) is 18.1. The van der Waals surface area contributed by atoms with E-state index in [9.17, 15) is 4.79 Å². The largest absolute Gasteiger partial charge is 0.361 e. The quantitative estimate of drug-likeness (QED) is 0.805. The van der Waals surface area contributed by atoms with Crippen molar-refractivity contribution in [2.45, 2.75) is 6.54 Å². The summed E-state index contributed by atoms with van der Waals surface area (Å²) in [6.45, 7) is 4.32. The van der Waals surface area contributed by atoms with Gasteiger partial charge in [0.15, 0.2) is 0 Å². The van der Waals surface area contributed by atoms with Gasteiger partial charge in [-0.1, -0.05) is 36.4 Å². The van der Waals surface area contributed by atoms with Gasteiger partial charge in [0, 0.05) is 50.0 Å². The van der Waals surface area contributed by atoms with Crippen LogP contribution in [0.25, 0.3) is 10.9 Å². The van der Waals surface area contributed by atoms with E-state index in [-0.39, 0.29) is 5.91 Å². The number of nitrogens with one attached hydrogen (secondary N) is 1. The maximum Gasteiger partial charge on any atom is 0.253 e. The van der Waals surface area contributed by atoms with Gasteiger partial charge in [0.05, 0.1) is 0 Å². The number of H-pyrrole nitrogens is 1. The van der Waals surface area contributed by atoms with Crippen molar-refractivity contribution >= 4 is 16.8 Å². The smallest absolute Gasteiger partial charge is 0.253 e. The molecule has 3 aromatic rings. The predicted molar refractivity (Wildman–Crippen MR) is 95.9 cm³/mol. The zero-order chi connectivity index (χ0) is 16.4. The number of piperazine rings is 1. The molecule has 2 heterocycles. The van der Waals surface area contributed by atoms with Crippen LogP contribution in [0.15, 0.2) is 60.8 Å². The van der Waals surface area contributed by atoms with Gasteiger partial charge in [-0.05, 0) is 29.1 Å². The number of nitrogens with zero attached hydrogens (tertiary/aromatic N) is 2. The molecule has 1 fully saturated rings. The highest BCUT2D eigenvalue weighted by Crippen LogP contribution is 2.19. The Labute approximate surface area is 141 Å². The van der Waals surface area contributed by atoms with Crippen LogP contribution in [0, 0.1) is 0 Å². The molecule has 0 radical (unpaired) electrons. The van der Waals surface area contributed by atoms with E-state index in [1.807, 2.05) is 41.4 Å². The molecule has 1 amide bonds. The Morgan fingerprint density at radius 1 is 0.917 bits per heavy atom. The van der Waals surface area contributed by atoms with E-state index in [0.29, 0.717) is 0 Å². The third-order valence-electron chi connectivity index (χ3n) is 4.75. The molecule has 1 aliphatic rings. The van der Waals surface area contributed by atoms with Crippen molar-refractivity contribution in [3.63, 3.8) is 0 Å². The van der Waals surface area contributed by atoms with Crippen molar-refractivity contribution in [1.29, 1.82) is 0 Å². The number of aromatic nitrogens is 1. The summed E-state index contributed by atoms with van der Waals surface area (Å²) in [5, 5.41) is 1.25. The highest BCUT2D eigenvalue weighted by Gasteiger charge is 2.22. The Hall–Kier alpha value is -2.59. The summed E-state index contributed by atoms with van der Waals surface area (Å²) in [7, 11) is 0. The lowest BCUT2D eigenvalue weighted by Gasteiger charge is -2.34. The van der Waals surface area contributed by atoms with Gasteiger partial charge in [-0.2, -0.15) is 0 Å². The third-order valence-corrected chi connectivity index (χ3v) is 4.75. The molecule has 4 nitrogen and oxygen atoms in total. The molecule has 0 unspecified atom stereocenters. The molecule has 24 heavy (non-hydrogen) atoms. The Balaban J connectivity index is 1.40. The maximum atomic E-state index is 12.5. The number of carbonyl (C=O) groups excluding carboxylic acids is 1.